The topological polar surface area (TPSA) is 117 Å². The van der Waals surface area contributed by atoms with Gasteiger partial charge in [0.25, 0.3) is 5.95 Å². The number of hydrogen-bond donors (Lipinski definition) is 2. The Kier molecular flexibility index (Phi) is 8.39. The second-order valence-electron chi connectivity index (χ2n) is 10.4. The van der Waals surface area contributed by atoms with E-state index in [1.807, 2.05) is 30.3 Å². The van der Waals surface area contributed by atoms with E-state index in [9.17, 15) is 18.8 Å². The molecule has 2 N–H and O–H groups in total. The molecule has 3 amide bonds. The van der Waals surface area contributed by atoms with Gasteiger partial charge in [-0.1, -0.05) is 54.8 Å². The molecule has 1 aliphatic heterocycles. The minimum Gasteiger partial charge on any atom is -0.326 e. The molecular formula is C30H30ClFN6O3. The van der Waals surface area contributed by atoms with E-state index in [0.717, 1.165) is 23.3 Å². The summed E-state index contributed by atoms with van der Waals surface area (Å²) in [5.41, 5.74) is 2.48. The zero-order valence-corrected chi connectivity index (χ0v) is 23.5. The van der Waals surface area contributed by atoms with E-state index < -0.39 is 29.6 Å². The number of halogens is 2. The number of aromatic nitrogens is 2. The zero-order chi connectivity index (χ0) is 29.1. The van der Waals surface area contributed by atoms with Crippen molar-refractivity contribution in [1.29, 1.82) is 0 Å². The highest BCUT2D eigenvalue weighted by molar-refractivity contribution is 6.31. The fourth-order valence-corrected chi connectivity index (χ4v) is 5.67. The fraction of sp³-hybridized carbons (Fsp3) is 0.333. The second kappa shape index (κ2) is 12.1. The van der Waals surface area contributed by atoms with Crippen LogP contribution in [0, 0.1) is 31.5 Å². The Morgan fingerprint density at radius 1 is 1.02 bits per heavy atom. The van der Waals surface area contributed by atoms with Gasteiger partial charge in [-0.2, -0.15) is 4.99 Å². The largest absolute Gasteiger partial charge is 0.326 e. The van der Waals surface area contributed by atoms with Crippen LogP contribution in [0.2, 0.25) is 5.02 Å². The molecule has 0 bridgehead atoms. The molecule has 3 atom stereocenters. The highest BCUT2D eigenvalue weighted by Gasteiger charge is 2.51. The van der Waals surface area contributed by atoms with Crippen LogP contribution < -0.4 is 10.6 Å². The van der Waals surface area contributed by atoms with Crippen molar-refractivity contribution in [2.45, 2.75) is 52.0 Å². The number of likely N-dealkylation sites (tertiary alicyclic amines) is 1. The number of hydrogen-bond acceptors (Lipinski definition) is 6. The van der Waals surface area contributed by atoms with Crippen LogP contribution in [0.3, 0.4) is 0 Å². The fourth-order valence-electron chi connectivity index (χ4n) is 5.49. The van der Waals surface area contributed by atoms with Gasteiger partial charge in [-0.05, 0) is 56.5 Å². The summed E-state index contributed by atoms with van der Waals surface area (Å²) in [4.78, 5) is 55.2. The van der Waals surface area contributed by atoms with Gasteiger partial charge >= 0.3 is 0 Å². The van der Waals surface area contributed by atoms with Gasteiger partial charge < -0.3 is 5.32 Å². The third-order valence-electron chi connectivity index (χ3n) is 7.37. The zero-order valence-electron chi connectivity index (χ0n) is 22.7. The lowest BCUT2D eigenvalue weighted by Crippen LogP contribution is -2.53. The Morgan fingerprint density at radius 2 is 1.66 bits per heavy atom. The SMILES string of the molecule is Cc1cc(C)nc(N=C(NC(=O)[C@@H](Cc2ccccc2)N2C(=O)[C@H]3CCCC[C@@H]3C2=O)Nc2ccc(F)c(Cl)c2)n1. The van der Waals surface area contributed by atoms with Crippen molar-refractivity contribution in [1.82, 2.24) is 20.2 Å². The number of aliphatic imine (C=N–C) groups is 1. The number of guanidine groups is 1. The van der Waals surface area contributed by atoms with Crippen molar-refractivity contribution in [2.75, 3.05) is 5.32 Å². The smallest absolute Gasteiger partial charge is 0.253 e. The maximum atomic E-state index is 14.0. The molecule has 2 aromatic carbocycles. The number of nitrogens with zero attached hydrogens (tertiary/aromatic N) is 4. The number of fused-ring (bicyclic) bond motifs is 1. The first kappa shape index (κ1) is 28.4. The Labute approximate surface area is 242 Å². The van der Waals surface area contributed by atoms with Crippen molar-refractivity contribution in [2.24, 2.45) is 16.8 Å². The third-order valence-corrected chi connectivity index (χ3v) is 7.66. The molecule has 5 rings (SSSR count). The van der Waals surface area contributed by atoms with Gasteiger partial charge in [0.15, 0.2) is 0 Å². The lowest BCUT2D eigenvalue weighted by atomic mass is 9.81. The standard InChI is InChI=1S/C30H30ClFN6O3/c1-17-14-18(2)34-29(33-17)37-30(35-20-12-13-24(32)23(31)16-20)36-26(39)25(15-19-8-4-3-5-9-19)38-27(40)21-10-6-7-11-22(21)28(38)41/h3-5,8-9,12-14,16,21-22,25H,6-7,10-11,15H2,1-2H3,(H2,33,34,35,36,37,39)/t21-,22-,25+/m0/s1. The molecule has 0 spiro atoms. The lowest BCUT2D eigenvalue weighted by molar-refractivity contribution is -0.147. The average Bonchev–Trinajstić information content (AvgIpc) is 3.19. The second-order valence-corrected chi connectivity index (χ2v) is 10.8. The van der Waals surface area contributed by atoms with Crippen molar-refractivity contribution < 1.29 is 18.8 Å². The molecule has 0 radical (unpaired) electrons. The summed E-state index contributed by atoms with van der Waals surface area (Å²) in [6.45, 7) is 3.58. The average molecular weight is 577 g/mol. The summed E-state index contributed by atoms with van der Waals surface area (Å²) in [5.74, 6) is -2.65. The summed E-state index contributed by atoms with van der Waals surface area (Å²) in [6.07, 6.45) is 3.14. The molecule has 1 saturated carbocycles. The van der Waals surface area contributed by atoms with Crippen LogP contribution in [0.4, 0.5) is 16.0 Å². The molecular weight excluding hydrogens is 547 g/mol. The van der Waals surface area contributed by atoms with Crippen molar-refractivity contribution >= 4 is 46.9 Å². The summed E-state index contributed by atoms with van der Waals surface area (Å²) < 4.78 is 13.8. The van der Waals surface area contributed by atoms with Gasteiger partial charge in [0.1, 0.15) is 11.9 Å². The number of carbonyl (C=O) groups is 3. The van der Waals surface area contributed by atoms with Gasteiger partial charge in [0, 0.05) is 23.5 Å². The molecule has 212 valence electrons. The van der Waals surface area contributed by atoms with E-state index in [-0.39, 0.29) is 35.2 Å². The van der Waals surface area contributed by atoms with Gasteiger partial charge in [0.2, 0.25) is 23.7 Å². The van der Waals surface area contributed by atoms with E-state index in [1.54, 1.807) is 19.9 Å². The lowest BCUT2D eigenvalue weighted by Gasteiger charge is -2.26. The summed E-state index contributed by atoms with van der Waals surface area (Å²) in [5, 5.41) is 5.57. The van der Waals surface area contributed by atoms with E-state index in [0.29, 0.717) is 29.9 Å². The number of amides is 3. The highest BCUT2D eigenvalue weighted by atomic mass is 35.5. The number of aryl methyl sites for hydroxylation is 2. The quantitative estimate of drug-likeness (QED) is 0.245. The molecule has 1 saturated heterocycles. The first-order chi connectivity index (χ1) is 19.7. The molecule has 2 heterocycles. The number of carbonyl (C=O) groups excluding carboxylic acids is 3. The number of rotatable bonds is 6. The van der Waals surface area contributed by atoms with Crippen LogP contribution in [-0.2, 0) is 20.8 Å². The van der Waals surface area contributed by atoms with Gasteiger partial charge in [-0.15, -0.1) is 0 Å². The van der Waals surface area contributed by atoms with E-state index in [4.69, 9.17) is 11.6 Å². The molecule has 3 aromatic rings. The van der Waals surface area contributed by atoms with Gasteiger partial charge in [-0.3, -0.25) is 24.6 Å². The van der Waals surface area contributed by atoms with E-state index in [1.165, 1.54) is 18.2 Å². The van der Waals surface area contributed by atoms with Crippen LogP contribution in [0.5, 0.6) is 0 Å². The Hall–Kier alpha value is -4.18. The first-order valence-electron chi connectivity index (χ1n) is 13.5. The number of anilines is 1. The summed E-state index contributed by atoms with van der Waals surface area (Å²) in [6, 6.07) is 13.8. The normalized spacial score (nSPS) is 19.6. The Morgan fingerprint density at radius 3 is 2.27 bits per heavy atom. The number of nitrogens with one attached hydrogen (secondary N) is 2. The monoisotopic (exact) mass is 576 g/mol. The maximum absolute atomic E-state index is 14.0. The van der Waals surface area contributed by atoms with Crippen molar-refractivity contribution in [3.05, 3.63) is 82.4 Å². The number of benzene rings is 2. The minimum absolute atomic E-state index is 0.0720. The molecule has 1 aliphatic carbocycles. The summed E-state index contributed by atoms with van der Waals surface area (Å²) >= 11 is 5.97. The van der Waals surface area contributed by atoms with Crippen molar-refractivity contribution in [3.8, 4) is 0 Å². The van der Waals surface area contributed by atoms with Crippen LogP contribution in [0.1, 0.15) is 42.6 Å². The maximum Gasteiger partial charge on any atom is 0.253 e. The number of imide groups is 1. The Bertz CT molecular complexity index is 1470. The van der Waals surface area contributed by atoms with E-state index in [2.05, 4.69) is 25.6 Å². The minimum atomic E-state index is -1.12. The molecule has 9 nitrogen and oxygen atoms in total. The third kappa shape index (κ3) is 6.43. The molecule has 1 aromatic heterocycles. The first-order valence-corrected chi connectivity index (χ1v) is 13.9. The summed E-state index contributed by atoms with van der Waals surface area (Å²) in [7, 11) is 0. The van der Waals surface area contributed by atoms with Crippen LogP contribution >= 0.6 is 11.6 Å². The molecule has 0 unspecified atom stereocenters. The van der Waals surface area contributed by atoms with Crippen molar-refractivity contribution in [3.63, 3.8) is 0 Å². The van der Waals surface area contributed by atoms with Crippen LogP contribution in [0.25, 0.3) is 0 Å². The molecule has 2 fully saturated rings. The van der Waals surface area contributed by atoms with Crippen LogP contribution in [-0.4, -0.2) is 44.6 Å². The van der Waals surface area contributed by atoms with Crippen LogP contribution in [0.15, 0.2) is 59.6 Å². The van der Waals surface area contributed by atoms with Gasteiger partial charge in [-0.25, -0.2) is 14.4 Å². The molecule has 41 heavy (non-hydrogen) atoms. The predicted octanol–water partition coefficient (Wildman–Crippen LogP) is 4.89. The predicted molar refractivity (Wildman–Crippen MR) is 153 cm³/mol. The molecule has 11 heteroatoms. The molecule has 2 aliphatic rings. The Balaban J connectivity index is 1.50. The van der Waals surface area contributed by atoms with E-state index >= 15 is 0 Å². The van der Waals surface area contributed by atoms with Gasteiger partial charge in [0.05, 0.1) is 16.9 Å². The highest BCUT2D eigenvalue weighted by Crippen LogP contribution is 2.39.